The van der Waals surface area contributed by atoms with Gasteiger partial charge in [0.05, 0.1) is 0 Å². The highest BCUT2D eigenvalue weighted by Crippen LogP contribution is 2.43. The van der Waals surface area contributed by atoms with Crippen molar-refractivity contribution in [3.8, 4) is 0 Å². The lowest BCUT2D eigenvalue weighted by atomic mass is 10.0. The summed E-state index contributed by atoms with van der Waals surface area (Å²) in [7, 11) is -9.10. The van der Waals surface area contributed by atoms with Gasteiger partial charge in [-0.2, -0.15) is 0 Å². The first kappa shape index (κ1) is 23.0. The van der Waals surface area contributed by atoms with Gasteiger partial charge >= 0.3 is 8.80 Å². The Kier molecular flexibility index (Phi) is 8.07. The van der Waals surface area contributed by atoms with Crippen LogP contribution >= 0.6 is 0 Å². The summed E-state index contributed by atoms with van der Waals surface area (Å²) in [5.41, 5.74) is 6.37. The molecule has 0 N–H and O–H groups in total. The molecule has 3 nitrogen and oxygen atoms in total. The van der Waals surface area contributed by atoms with Gasteiger partial charge in [0.25, 0.3) is 0 Å². The molecular formula is C18H38O3Si4. The van der Waals surface area contributed by atoms with Gasteiger partial charge in [-0.15, -0.1) is 19.7 Å². The zero-order chi connectivity index (χ0) is 19.4. The fraction of sp³-hybridized carbons (Fsp3) is 0.667. The van der Waals surface area contributed by atoms with Gasteiger partial charge in [-0.1, -0.05) is 36.4 Å². The first-order valence-corrected chi connectivity index (χ1v) is 20.2. The molecule has 1 rings (SSSR count). The predicted octanol–water partition coefficient (Wildman–Crippen LogP) is 6.10. The molecule has 0 aromatic rings. The molecule has 0 atom stereocenters. The minimum atomic E-state index is -2.89. The Morgan fingerprint density at radius 3 is 1.24 bits per heavy atom. The van der Waals surface area contributed by atoms with Gasteiger partial charge in [-0.05, 0) is 52.1 Å². The standard InChI is InChI=1S/C18H38O3Si4/c1-10-22(4,5)19-25(20-23(6,7)11-2,21-24(8,9)12-3)18-16-14-13-15-17-18/h10-12,18H,1-3,13-17H2,4-9H3. The van der Waals surface area contributed by atoms with Crippen LogP contribution in [-0.4, -0.2) is 33.8 Å². The molecule has 0 aliphatic heterocycles. The van der Waals surface area contributed by atoms with Crippen molar-refractivity contribution in [2.24, 2.45) is 0 Å². The third-order valence-electron chi connectivity index (χ3n) is 4.80. The van der Waals surface area contributed by atoms with Crippen LogP contribution in [0.2, 0.25) is 44.8 Å². The fourth-order valence-corrected chi connectivity index (χ4v) is 17.5. The Balaban J connectivity index is 3.39. The topological polar surface area (TPSA) is 27.7 Å². The molecule has 7 heteroatoms. The smallest absolute Gasteiger partial charge is 0.413 e. The second-order valence-corrected chi connectivity index (χ2v) is 24.0. The average Bonchev–Trinajstić information content (AvgIpc) is 2.54. The van der Waals surface area contributed by atoms with Gasteiger partial charge in [-0.3, -0.25) is 0 Å². The third-order valence-corrected chi connectivity index (χ3v) is 19.1. The number of hydrogen-bond acceptors (Lipinski definition) is 3. The summed E-state index contributed by atoms with van der Waals surface area (Å²) in [5, 5.41) is 0. The predicted molar refractivity (Wildman–Crippen MR) is 119 cm³/mol. The molecular weight excluding hydrogens is 377 g/mol. The van der Waals surface area contributed by atoms with Crippen molar-refractivity contribution in [1.82, 2.24) is 0 Å². The molecule has 0 saturated heterocycles. The van der Waals surface area contributed by atoms with Gasteiger partial charge in [0.15, 0.2) is 0 Å². The lowest BCUT2D eigenvalue weighted by Gasteiger charge is -2.47. The van der Waals surface area contributed by atoms with Crippen molar-refractivity contribution in [2.45, 2.75) is 76.9 Å². The van der Waals surface area contributed by atoms with Crippen LogP contribution in [0.5, 0.6) is 0 Å². The van der Waals surface area contributed by atoms with E-state index in [0.717, 1.165) is 12.8 Å². The molecule has 144 valence electrons. The molecule has 0 aromatic carbocycles. The average molecular weight is 415 g/mol. The van der Waals surface area contributed by atoms with E-state index in [1.165, 1.54) is 19.3 Å². The van der Waals surface area contributed by atoms with E-state index in [1.807, 2.05) is 17.1 Å². The maximum absolute atomic E-state index is 6.88. The van der Waals surface area contributed by atoms with Gasteiger partial charge in [0, 0.05) is 5.54 Å². The zero-order valence-electron chi connectivity index (χ0n) is 17.2. The highest BCUT2D eigenvalue weighted by molar-refractivity contribution is 6.94. The van der Waals surface area contributed by atoms with Crippen molar-refractivity contribution >= 4 is 33.8 Å². The molecule has 1 aliphatic carbocycles. The summed E-state index contributed by atoms with van der Waals surface area (Å²) in [6.45, 7) is 25.2. The summed E-state index contributed by atoms with van der Waals surface area (Å²) in [6.07, 6.45) is 6.04. The third kappa shape index (κ3) is 6.89. The fourth-order valence-electron chi connectivity index (χ4n) is 2.99. The minimum Gasteiger partial charge on any atom is -0.413 e. The van der Waals surface area contributed by atoms with E-state index in [4.69, 9.17) is 12.3 Å². The molecule has 0 aromatic heterocycles. The summed E-state index contributed by atoms with van der Waals surface area (Å²) >= 11 is 0. The van der Waals surface area contributed by atoms with E-state index in [9.17, 15) is 0 Å². The Morgan fingerprint density at radius 1 is 0.640 bits per heavy atom. The molecule has 0 spiro atoms. The molecule has 0 radical (unpaired) electrons. The van der Waals surface area contributed by atoms with Crippen LogP contribution in [0, 0.1) is 0 Å². The summed E-state index contributed by atoms with van der Waals surface area (Å²) in [4.78, 5) is 0. The highest BCUT2D eigenvalue weighted by Gasteiger charge is 2.56. The SMILES string of the molecule is C=C[Si](C)(C)O[Si](O[Si](C)(C)C=C)(O[Si](C)(C)C=C)C1CCCCC1. The van der Waals surface area contributed by atoms with Crippen LogP contribution < -0.4 is 0 Å². The molecule has 1 fully saturated rings. The molecule has 0 amide bonds. The van der Waals surface area contributed by atoms with E-state index < -0.39 is 33.8 Å². The molecule has 1 saturated carbocycles. The molecule has 0 bridgehead atoms. The monoisotopic (exact) mass is 414 g/mol. The van der Waals surface area contributed by atoms with E-state index >= 15 is 0 Å². The van der Waals surface area contributed by atoms with E-state index in [2.05, 4.69) is 59.0 Å². The second kappa shape index (κ2) is 8.77. The quantitative estimate of drug-likeness (QED) is 0.404. The maximum atomic E-state index is 6.88. The van der Waals surface area contributed by atoms with Crippen molar-refractivity contribution in [2.75, 3.05) is 0 Å². The number of hydrogen-bond donors (Lipinski definition) is 0. The van der Waals surface area contributed by atoms with Crippen LogP contribution in [0.1, 0.15) is 32.1 Å². The molecule has 0 unspecified atom stereocenters. The Morgan fingerprint density at radius 2 is 0.960 bits per heavy atom. The van der Waals surface area contributed by atoms with Crippen molar-refractivity contribution < 1.29 is 12.3 Å². The number of rotatable bonds is 10. The van der Waals surface area contributed by atoms with Crippen LogP contribution in [-0.2, 0) is 12.3 Å². The molecule has 25 heavy (non-hydrogen) atoms. The first-order valence-electron chi connectivity index (χ1n) is 9.42. The largest absolute Gasteiger partial charge is 0.473 e. The maximum Gasteiger partial charge on any atom is 0.473 e. The molecule has 1 aliphatic rings. The van der Waals surface area contributed by atoms with Crippen molar-refractivity contribution in [3.05, 3.63) is 36.8 Å². The van der Waals surface area contributed by atoms with E-state index in [0.29, 0.717) is 5.54 Å². The van der Waals surface area contributed by atoms with Gasteiger partial charge in [0.2, 0.25) is 25.0 Å². The Hall–Kier alpha value is -0.0325. The van der Waals surface area contributed by atoms with E-state index in [1.54, 1.807) is 0 Å². The summed E-state index contributed by atoms with van der Waals surface area (Å²) in [6, 6.07) is 0. The van der Waals surface area contributed by atoms with Crippen molar-refractivity contribution in [1.29, 1.82) is 0 Å². The van der Waals surface area contributed by atoms with Gasteiger partial charge in [0.1, 0.15) is 0 Å². The first-order chi connectivity index (χ1) is 11.4. The Labute approximate surface area is 159 Å². The second-order valence-electron chi connectivity index (χ2n) is 8.67. The Bertz CT molecular complexity index is 428. The normalized spacial score (nSPS) is 18.0. The van der Waals surface area contributed by atoms with E-state index in [-0.39, 0.29) is 0 Å². The molecule has 0 heterocycles. The van der Waals surface area contributed by atoms with Crippen LogP contribution in [0.15, 0.2) is 36.8 Å². The summed E-state index contributed by atoms with van der Waals surface area (Å²) < 4.78 is 20.6. The van der Waals surface area contributed by atoms with Gasteiger partial charge in [-0.25, -0.2) is 0 Å². The zero-order valence-corrected chi connectivity index (χ0v) is 21.2. The highest BCUT2D eigenvalue weighted by atomic mass is 28.5. The lowest BCUT2D eigenvalue weighted by Crippen LogP contribution is -2.63. The van der Waals surface area contributed by atoms with Crippen LogP contribution in [0.25, 0.3) is 0 Å². The lowest BCUT2D eigenvalue weighted by molar-refractivity contribution is 0.222. The van der Waals surface area contributed by atoms with Crippen LogP contribution in [0.3, 0.4) is 0 Å². The van der Waals surface area contributed by atoms with Crippen molar-refractivity contribution in [3.63, 3.8) is 0 Å². The van der Waals surface area contributed by atoms with Gasteiger partial charge < -0.3 is 12.3 Å². The summed E-state index contributed by atoms with van der Waals surface area (Å²) in [5.74, 6) is 0. The van der Waals surface area contributed by atoms with Crippen LogP contribution in [0.4, 0.5) is 0 Å². The minimum absolute atomic E-state index is 0.381.